The van der Waals surface area contributed by atoms with Gasteiger partial charge in [-0.05, 0) is 23.8 Å². The van der Waals surface area contributed by atoms with Gasteiger partial charge in [0.2, 0.25) is 5.13 Å². The summed E-state index contributed by atoms with van der Waals surface area (Å²) >= 11 is 8.26. The number of ether oxygens (including phenoxy) is 1. The van der Waals surface area contributed by atoms with Gasteiger partial charge in [0.25, 0.3) is 5.91 Å². The smallest absolute Gasteiger partial charge is 0.258 e. The zero-order valence-electron chi connectivity index (χ0n) is 12.1. The van der Waals surface area contributed by atoms with Gasteiger partial charge in [-0.1, -0.05) is 12.1 Å². The molecule has 1 N–H and O–H groups in total. The van der Waals surface area contributed by atoms with Gasteiger partial charge in [0, 0.05) is 21.8 Å². The first kappa shape index (κ1) is 15.9. The van der Waals surface area contributed by atoms with Gasteiger partial charge in [-0.3, -0.25) is 10.1 Å². The van der Waals surface area contributed by atoms with E-state index < -0.39 is 0 Å². The van der Waals surface area contributed by atoms with Crippen molar-refractivity contribution in [1.82, 2.24) is 9.36 Å². The van der Waals surface area contributed by atoms with Crippen LogP contribution in [0.25, 0.3) is 10.4 Å². The molecule has 1 aromatic carbocycles. The molecule has 0 bridgehead atoms. The Balaban J connectivity index is 1.76. The Hall–Kier alpha value is -1.96. The van der Waals surface area contributed by atoms with Gasteiger partial charge in [0.1, 0.15) is 5.75 Å². The number of carbonyl (C=O) groups is 1. The van der Waals surface area contributed by atoms with Crippen molar-refractivity contribution >= 4 is 45.5 Å². The number of carbonyl (C=O) groups excluding carboxylic acids is 1. The molecule has 3 aromatic rings. The molecule has 2 aromatic heterocycles. The lowest BCUT2D eigenvalue weighted by Gasteiger charge is -2.01. The van der Waals surface area contributed by atoms with Crippen LogP contribution in [0.2, 0.25) is 0 Å². The van der Waals surface area contributed by atoms with E-state index in [2.05, 4.69) is 14.7 Å². The maximum absolute atomic E-state index is 12.3. The Morgan fingerprint density at radius 3 is 3.00 bits per heavy atom. The molecule has 0 unspecified atom stereocenters. The van der Waals surface area contributed by atoms with Crippen LogP contribution >= 0.6 is 34.5 Å². The van der Waals surface area contributed by atoms with Crippen LogP contribution in [0, 0.1) is 0 Å². The molecule has 23 heavy (non-hydrogen) atoms. The minimum atomic E-state index is -0.215. The molecule has 1 amide bonds. The topological polar surface area (TPSA) is 64.1 Å². The number of nitrogens with zero attached hydrogens (tertiary/aromatic N) is 2. The number of methoxy groups -OCH3 is 1. The standard InChI is InChI=1S/C15H12ClN3O2S2/c1-21-11-4-2-3-9(5-11)12-6-10(8-22-12)14(20)18-15-17-13(7-16)19-23-15/h2-6,8H,7H2,1H3,(H,17,18,19,20). The highest BCUT2D eigenvalue weighted by Crippen LogP contribution is 2.30. The van der Waals surface area contributed by atoms with E-state index in [0.29, 0.717) is 16.5 Å². The summed E-state index contributed by atoms with van der Waals surface area (Å²) in [4.78, 5) is 17.4. The molecule has 0 aliphatic rings. The summed E-state index contributed by atoms with van der Waals surface area (Å²) < 4.78 is 9.25. The average molecular weight is 366 g/mol. The largest absolute Gasteiger partial charge is 0.497 e. The number of amides is 1. The second-order valence-corrected chi connectivity index (χ2v) is 6.47. The minimum Gasteiger partial charge on any atom is -0.497 e. The number of alkyl halides is 1. The van der Waals surface area contributed by atoms with Crippen LogP contribution in [-0.2, 0) is 5.88 Å². The molecule has 0 aliphatic carbocycles. The van der Waals surface area contributed by atoms with E-state index in [1.165, 1.54) is 11.3 Å². The predicted molar refractivity (Wildman–Crippen MR) is 93.7 cm³/mol. The number of benzene rings is 1. The fraction of sp³-hybridized carbons (Fsp3) is 0.133. The fourth-order valence-electron chi connectivity index (χ4n) is 1.91. The molecule has 0 spiro atoms. The van der Waals surface area contributed by atoms with Crippen LogP contribution in [0.1, 0.15) is 16.2 Å². The van der Waals surface area contributed by atoms with Crippen molar-refractivity contribution in [3.05, 3.63) is 47.1 Å². The van der Waals surface area contributed by atoms with Crippen molar-refractivity contribution in [2.24, 2.45) is 0 Å². The number of hydrogen-bond donors (Lipinski definition) is 1. The molecule has 0 fully saturated rings. The zero-order valence-corrected chi connectivity index (χ0v) is 14.5. The first-order valence-electron chi connectivity index (χ1n) is 6.62. The number of nitrogens with one attached hydrogen (secondary N) is 1. The molecule has 2 heterocycles. The van der Waals surface area contributed by atoms with E-state index >= 15 is 0 Å². The molecular weight excluding hydrogens is 354 g/mol. The number of anilines is 1. The van der Waals surface area contributed by atoms with Crippen LogP contribution in [0.3, 0.4) is 0 Å². The third-order valence-electron chi connectivity index (χ3n) is 3.02. The molecule has 0 atom stereocenters. The maximum Gasteiger partial charge on any atom is 0.258 e. The molecule has 0 radical (unpaired) electrons. The molecule has 8 heteroatoms. The van der Waals surface area contributed by atoms with E-state index in [0.717, 1.165) is 27.7 Å². The molecule has 5 nitrogen and oxygen atoms in total. The Bertz CT molecular complexity index is 832. The number of aromatic nitrogens is 2. The lowest BCUT2D eigenvalue weighted by Crippen LogP contribution is -2.10. The highest BCUT2D eigenvalue weighted by Gasteiger charge is 2.13. The number of hydrogen-bond acceptors (Lipinski definition) is 6. The van der Waals surface area contributed by atoms with Crippen LogP contribution in [0.15, 0.2) is 35.7 Å². The molecule has 0 saturated carbocycles. The Labute approximate surface area is 146 Å². The van der Waals surface area contributed by atoms with Gasteiger partial charge in [-0.2, -0.15) is 4.37 Å². The summed E-state index contributed by atoms with van der Waals surface area (Å²) in [6.45, 7) is 0. The number of thiophene rings is 1. The van der Waals surface area contributed by atoms with E-state index in [1.54, 1.807) is 7.11 Å². The summed E-state index contributed by atoms with van der Waals surface area (Å²) in [5.41, 5.74) is 1.59. The molecule has 0 saturated heterocycles. The van der Waals surface area contributed by atoms with Crippen molar-refractivity contribution in [2.75, 3.05) is 12.4 Å². The van der Waals surface area contributed by atoms with Crippen LogP contribution in [0.4, 0.5) is 5.13 Å². The highest BCUT2D eigenvalue weighted by atomic mass is 35.5. The first-order chi connectivity index (χ1) is 11.2. The van der Waals surface area contributed by atoms with Crippen molar-refractivity contribution in [2.45, 2.75) is 5.88 Å². The van der Waals surface area contributed by atoms with Gasteiger partial charge in [-0.25, -0.2) is 4.98 Å². The third-order valence-corrected chi connectivity index (χ3v) is 4.91. The monoisotopic (exact) mass is 365 g/mol. The zero-order chi connectivity index (χ0) is 16.2. The average Bonchev–Trinajstić information content (AvgIpc) is 3.24. The van der Waals surface area contributed by atoms with Gasteiger partial charge >= 0.3 is 0 Å². The molecule has 3 rings (SSSR count). The third kappa shape index (κ3) is 3.69. The Morgan fingerprint density at radius 1 is 1.39 bits per heavy atom. The highest BCUT2D eigenvalue weighted by molar-refractivity contribution is 7.14. The summed E-state index contributed by atoms with van der Waals surface area (Å²) in [6.07, 6.45) is 0. The van der Waals surface area contributed by atoms with Gasteiger partial charge in [-0.15, -0.1) is 22.9 Å². The second-order valence-electron chi connectivity index (χ2n) is 4.54. The normalized spacial score (nSPS) is 10.5. The fourth-order valence-corrected chi connectivity index (χ4v) is 3.57. The predicted octanol–water partition coefficient (Wildman–Crippen LogP) is 4.27. The lowest BCUT2D eigenvalue weighted by molar-refractivity contribution is 0.102. The van der Waals surface area contributed by atoms with E-state index in [4.69, 9.17) is 16.3 Å². The quantitative estimate of drug-likeness (QED) is 0.686. The summed E-state index contributed by atoms with van der Waals surface area (Å²) in [6, 6.07) is 9.56. The van der Waals surface area contributed by atoms with E-state index in [1.807, 2.05) is 35.7 Å². The Kier molecular flexibility index (Phi) is 4.90. The molecule has 0 aliphatic heterocycles. The van der Waals surface area contributed by atoms with Crippen molar-refractivity contribution in [3.8, 4) is 16.2 Å². The number of rotatable bonds is 5. The second kappa shape index (κ2) is 7.08. The van der Waals surface area contributed by atoms with Crippen LogP contribution < -0.4 is 10.1 Å². The SMILES string of the molecule is COc1cccc(-c2cc(C(=O)Nc3nc(CCl)ns3)cs2)c1. The van der Waals surface area contributed by atoms with Crippen molar-refractivity contribution in [1.29, 1.82) is 0 Å². The first-order valence-corrected chi connectivity index (χ1v) is 8.81. The van der Waals surface area contributed by atoms with E-state index in [9.17, 15) is 4.79 Å². The van der Waals surface area contributed by atoms with Crippen LogP contribution in [0.5, 0.6) is 5.75 Å². The van der Waals surface area contributed by atoms with Crippen molar-refractivity contribution in [3.63, 3.8) is 0 Å². The summed E-state index contributed by atoms with van der Waals surface area (Å²) in [5.74, 6) is 1.30. The maximum atomic E-state index is 12.3. The van der Waals surface area contributed by atoms with Gasteiger partial charge in [0.05, 0.1) is 18.6 Å². The molecular formula is C15H12ClN3O2S2. The molecule has 118 valence electrons. The van der Waals surface area contributed by atoms with E-state index in [-0.39, 0.29) is 11.8 Å². The minimum absolute atomic E-state index is 0.215. The Morgan fingerprint density at radius 2 is 2.26 bits per heavy atom. The summed E-state index contributed by atoms with van der Waals surface area (Å²) in [5, 5.41) is 4.99. The van der Waals surface area contributed by atoms with Crippen LogP contribution in [-0.4, -0.2) is 22.4 Å². The van der Waals surface area contributed by atoms with Crippen molar-refractivity contribution < 1.29 is 9.53 Å². The number of halogens is 1. The lowest BCUT2D eigenvalue weighted by atomic mass is 10.1. The van der Waals surface area contributed by atoms with Gasteiger partial charge in [0.15, 0.2) is 5.82 Å². The van der Waals surface area contributed by atoms with Gasteiger partial charge < -0.3 is 4.74 Å². The summed E-state index contributed by atoms with van der Waals surface area (Å²) in [7, 11) is 1.63.